The Kier molecular flexibility index (Phi) is 4.55. The Hall–Kier alpha value is -1.68. The van der Waals surface area contributed by atoms with Crippen LogP contribution < -0.4 is 0 Å². The average Bonchev–Trinajstić information content (AvgIpc) is 2.84. The Morgan fingerprint density at radius 2 is 2.05 bits per heavy atom. The minimum Gasteiger partial charge on any atom is -0.388 e. The molecule has 0 saturated heterocycles. The van der Waals surface area contributed by atoms with Crippen LogP contribution in [0.5, 0.6) is 0 Å². The largest absolute Gasteiger partial charge is 0.388 e. The number of halogens is 1. The summed E-state index contributed by atoms with van der Waals surface area (Å²) in [6.07, 6.45) is 0.735. The van der Waals surface area contributed by atoms with Gasteiger partial charge in [0.1, 0.15) is 5.82 Å². The Balaban J connectivity index is 2.20. The molecule has 1 atom stereocenters. The lowest BCUT2D eigenvalue weighted by Gasteiger charge is -2.13. The molecule has 0 bridgehead atoms. The molecule has 2 rings (SSSR count). The molecule has 0 aliphatic carbocycles. The van der Waals surface area contributed by atoms with Crippen molar-refractivity contribution in [3.8, 4) is 0 Å². The highest BCUT2D eigenvalue weighted by Crippen LogP contribution is 2.21. The maximum atomic E-state index is 13.3. The zero-order chi connectivity index (χ0) is 14.7. The minimum absolute atomic E-state index is 0.243. The molecule has 0 aliphatic heterocycles. The van der Waals surface area contributed by atoms with Crippen molar-refractivity contribution in [1.29, 1.82) is 0 Å². The van der Waals surface area contributed by atoms with Crippen molar-refractivity contribution >= 4 is 0 Å². The molecule has 0 amide bonds. The normalized spacial score (nSPS) is 12.7. The van der Waals surface area contributed by atoms with E-state index in [0.29, 0.717) is 12.0 Å². The summed E-state index contributed by atoms with van der Waals surface area (Å²) in [6.45, 7) is 6.58. The van der Waals surface area contributed by atoms with Gasteiger partial charge in [0.15, 0.2) is 0 Å². The molecule has 0 fully saturated rings. The van der Waals surface area contributed by atoms with Gasteiger partial charge in [0.25, 0.3) is 0 Å². The summed E-state index contributed by atoms with van der Waals surface area (Å²) in [5.41, 5.74) is 3.34. The predicted molar refractivity (Wildman–Crippen MR) is 77.1 cm³/mol. The van der Waals surface area contributed by atoms with E-state index < -0.39 is 6.10 Å². The minimum atomic E-state index is -0.638. The standard InChI is InChI=1S/C16H21FN2O/c1-4-13-9-14(19(5-2)18-13)10-16(20)12-6-7-15(17)11(3)8-12/h6-9,16,20H,4-5,10H2,1-3H3. The van der Waals surface area contributed by atoms with Gasteiger partial charge in [-0.25, -0.2) is 4.39 Å². The lowest BCUT2D eigenvalue weighted by atomic mass is 10.0. The summed E-state index contributed by atoms with van der Waals surface area (Å²) in [5.74, 6) is -0.243. The average molecular weight is 276 g/mol. The summed E-state index contributed by atoms with van der Waals surface area (Å²) < 4.78 is 15.2. The van der Waals surface area contributed by atoms with Gasteiger partial charge in [-0.3, -0.25) is 4.68 Å². The molecule has 2 aromatic rings. The summed E-state index contributed by atoms with van der Waals surface area (Å²) in [7, 11) is 0. The van der Waals surface area contributed by atoms with Gasteiger partial charge < -0.3 is 5.11 Å². The first-order valence-electron chi connectivity index (χ1n) is 7.04. The van der Waals surface area contributed by atoms with Gasteiger partial charge in [-0.05, 0) is 43.5 Å². The van der Waals surface area contributed by atoms with E-state index in [2.05, 4.69) is 12.0 Å². The van der Waals surface area contributed by atoms with Gasteiger partial charge in [-0.1, -0.05) is 19.1 Å². The third-order valence-electron chi connectivity index (χ3n) is 3.54. The SMILES string of the molecule is CCc1cc(CC(O)c2ccc(F)c(C)c2)n(CC)n1. The second-order valence-electron chi connectivity index (χ2n) is 5.02. The summed E-state index contributed by atoms with van der Waals surface area (Å²) in [4.78, 5) is 0. The molecule has 108 valence electrons. The highest BCUT2D eigenvalue weighted by molar-refractivity contribution is 5.26. The first-order valence-corrected chi connectivity index (χ1v) is 7.04. The van der Waals surface area contributed by atoms with Crippen molar-refractivity contribution in [2.75, 3.05) is 0 Å². The van der Waals surface area contributed by atoms with Crippen LogP contribution >= 0.6 is 0 Å². The number of rotatable bonds is 5. The number of aliphatic hydroxyl groups excluding tert-OH is 1. The topological polar surface area (TPSA) is 38.0 Å². The number of aryl methyl sites for hydroxylation is 3. The second kappa shape index (κ2) is 6.18. The van der Waals surface area contributed by atoms with Crippen LogP contribution in [0.4, 0.5) is 4.39 Å². The van der Waals surface area contributed by atoms with Crippen LogP contribution in [-0.4, -0.2) is 14.9 Å². The van der Waals surface area contributed by atoms with E-state index >= 15 is 0 Å². The molecule has 1 heterocycles. The Morgan fingerprint density at radius 3 is 2.65 bits per heavy atom. The summed E-state index contributed by atoms with van der Waals surface area (Å²) in [5, 5.41) is 14.8. The molecule has 0 saturated carbocycles. The number of hydrogen-bond acceptors (Lipinski definition) is 2. The Bertz CT molecular complexity index is 592. The fourth-order valence-corrected chi connectivity index (χ4v) is 2.32. The van der Waals surface area contributed by atoms with Crippen LogP contribution in [0.25, 0.3) is 0 Å². The van der Waals surface area contributed by atoms with Crippen molar-refractivity contribution < 1.29 is 9.50 Å². The lowest BCUT2D eigenvalue weighted by Crippen LogP contribution is -2.08. The van der Waals surface area contributed by atoms with Crippen molar-refractivity contribution in [2.45, 2.75) is 46.3 Å². The second-order valence-corrected chi connectivity index (χ2v) is 5.02. The third-order valence-corrected chi connectivity index (χ3v) is 3.54. The monoisotopic (exact) mass is 276 g/mol. The highest BCUT2D eigenvalue weighted by atomic mass is 19.1. The Morgan fingerprint density at radius 1 is 1.30 bits per heavy atom. The molecule has 1 unspecified atom stereocenters. The number of benzene rings is 1. The Labute approximate surface area is 119 Å². The van der Waals surface area contributed by atoms with Crippen LogP contribution in [0, 0.1) is 12.7 Å². The smallest absolute Gasteiger partial charge is 0.126 e. The molecule has 4 heteroatoms. The van der Waals surface area contributed by atoms with Gasteiger partial charge in [0.2, 0.25) is 0 Å². The van der Waals surface area contributed by atoms with Crippen LogP contribution in [0.2, 0.25) is 0 Å². The quantitative estimate of drug-likeness (QED) is 0.910. The number of aliphatic hydroxyl groups is 1. The van der Waals surface area contributed by atoms with Crippen molar-refractivity contribution in [1.82, 2.24) is 9.78 Å². The highest BCUT2D eigenvalue weighted by Gasteiger charge is 2.14. The van der Waals surface area contributed by atoms with E-state index in [1.54, 1.807) is 19.1 Å². The number of aromatic nitrogens is 2. The van der Waals surface area contributed by atoms with Crippen molar-refractivity contribution in [3.63, 3.8) is 0 Å². The van der Waals surface area contributed by atoms with E-state index in [0.717, 1.165) is 29.9 Å². The van der Waals surface area contributed by atoms with Crippen molar-refractivity contribution in [2.24, 2.45) is 0 Å². The molecule has 1 N–H and O–H groups in total. The molecule has 0 radical (unpaired) electrons. The van der Waals surface area contributed by atoms with Gasteiger partial charge in [0, 0.05) is 18.7 Å². The van der Waals surface area contributed by atoms with E-state index in [4.69, 9.17) is 0 Å². The van der Waals surface area contributed by atoms with Crippen LogP contribution in [0.3, 0.4) is 0 Å². The van der Waals surface area contributed by atoms with E-state index in [9.17, 15) is 9.50 Å². The van der Waals surface area contributed by atoms with Gasteiger partial charge in [-0.2, -0.15) is 5.10 Å². The third kappa shape index (κ3) is 3.07. The van der Waals surface area contributed by atoms with Gasteiger partial charge in [0.05, 0.1) is 11.8 Å². The molecular formula is C16H21FN2O. The molecular weight excluding hydrogens is 255 g/mol. The fourth-order valence-electron chi connectivity index (χ4n) is 2.32. The molecule has 0 spiro atoms. The first-order chi connectivity index (χ1) is 9.55. The van der Waals surface area contributed by atoms with Crippen LogP contribution in [0.1, 0.15) is 42.5 Å². The maximum Gasteiger partial charge on any atom is 0.126 e. The molecule has 20 heavy (non-hydrogen) atoms. The van der Waals surface area contributed by atoms with Crippen LogP contribution in [0.15, 0.2) is 24.3 Å². The lowest BCUT2D eigenvalue weighted by molar-refractivity contribution is 0.175. The van der Waals surface area contributed by atoms with Gasteiger partial charge >= 0.3 is 0 Å². The van der Waals surface area contributed by atoms with E-state index in [1.165, 1.54) is 6.07 Å². The van der Waals surface area contributed by atoms with Gasteiger partial charge in [-0.15, -0.1) is 0 Å². The molecule has 0 aliphatic rings. The summed E-state index contributed by atoms with van der Waals surface area (Å²) >= 11 is 0. The first kappa shape index (κ1) is 14.7. The molecule has 1 aromatic carbocycles. The predicted octanol–water partition coefficient (Wildman–Crippen LogP) is 3.19. The van der Waals surface area contributed by atoms with Crippen molar-refractivity contribution in [3.05, 3.63) is 52.6 Å². The number of nitrogens with zero attached hydrogens (tertiary/aromatic N) is 2. The zero-order valence-electron chi connectivity index (χ0n) is 12.2. The number of hydrogen-bond donors (Lipinski definition) is 1. The summed E-state index contributed by atoms with van der Waals surface area (Å²) in [6, 6.07) is 6.78. The molecule has 3 nitrogen and oxygen atoms in total. The van der Waals surface area contributed by atoms with E-state index in [-0.39, 0.29) is 5.82 Å². The van der Waals surface area contributed by atoms with Crippen LogP contribution in [-0.2, 0) is 19.4 Å². The van der Waals surface area contributed by atoms with E-state index in [1.807, 2.05) is 17.7 Å². The molecule has 1 aromatic heterocycles. The zero-order valence-corrected chi connectivity index (χ0v) is 12.2. The maximum absolute atomic E-state index is 13.3. The fraction of sp³-hybridized carbons (Fsp3) is 0.438.